The minimum Gasteiger partial charge on any atom is -0.321 e. The topological polar surface area (TPSA) is 66.5 Å². The van der Waals surface area contributed by atoms with Crippen molar-refractivity contribution in [3.05, 3.63) is 59.7 Å². The van der Waals surface area contributed by atoms with Gasteiger partial charge in [-0.2, -0.15) is 0 Å². The number of amides is 1. The zero-order valence-electron chi connectivity index (χ0n) is 13.5. The van der Waals surface area contributed by atoms with E-state index in [1.165, 1.54) is 0 Å². The maximum atomic E-state index is 13.9. The minimum absolute atomic E-state index is 0.384. The Morgan fingerprint density at radius 2 is 1.42 bits per heavy atom. The second-order valence-corrected chi connectivity index (χ2v) is 7.21. The summed E-state index contributed by atoms with van der Waals surface area (Å²) in [6.07, 6.45) is 0.127. The molecular weight excluding hydrogens is 376 g/mol. The predicted octanol–water partition coefficient (Wildman–Crippen LogP) is 3.04. The van der Waals surface area contributed by atoms with Gasteiger partial charge in [-0.25, -0.2) is 26.0 Å². The fraction of sp³-hybridized carbons (Fsp3) is 0.188. The van der Waals surface area contributed by atoms with Crippen LogP contribution in [-0.2, 0) is 14.8 Å². The van der Waals surface area contributed by atoms with Crippen molar-refractivity contribution in [1.82, 2.24) is 0 Å². The summed E-state index contributed by atoms with van der Waals surface area (Å²) >= 11 is 0. The van der Waals surface area contributed by atoms with Crippen molar-refractivity contribution >= 4 is 27.3 Å². The number of benzene rings is 2. The molecule has 0 unspecified atom stereocenters. The number of carbonyl (C=O) groups is 1. The number of carbonyl (C=O) groups excluding carboxylic acids is 1. The largest absolute Gasteiger partial charge is 0.321 e. The third kappa shape index (κ3) is 4.51. The Labute approximate surface area is 147 Å². The highest BCUT2D eigenvalue weighted by atomic mass is 32.2. The van der Waals surface area contributed by atoms with Crippen molar-refractivity contribution in [2.45, 2.75) is 6.42 Å². The zero-order chi connectivity index (χ0) is 19.5. The molecule has 2 rings (SSSR count). The van der Waals surface area contributed by atoms with Crippen molar-refractivity contribution < 1.29 is 30.8 Å². The SMILES string of the molecule is CS(=O)(=O)N(CCC(=O)Nc1c(F)cccc1F)c1c(F)cccc1F. The fourth-order valence-electron chi connectivity index (χ4n) is 2.19. The summed E-state index contributed by atoms with van der Waals surface area (Å²) in [5.74, 6) is -5.22. The summed E-state index contributed by atoms with van der Waals surface area (Å²) in [4.78, 5) is 11.9. The second kappa shape index (κ2) is 7.73. The van der Waals surface area contributed by atoms with Crippen LogP contribution in [0.2, 0.25) is 0 Å². The lowest BCUT2D eigenvalue weighted by atomic mass is 10.2. The van der Waals surface area contributed by atoms with Gasteiger partial charge in [-0.15, -0.1) is 0 Å². The fourth-order valence-corrected chi connectivity index (χ4v) is 3.12. The van der Waals surface area contributed by atoms with Crippen LogP contribution in [0.5, 0.6) is 0 Å². The first kappa shape index (κ1) is 19.7. The van der Waals surface area contributed by atoms with E-state index in [1.807, 2.05) is 5.32 Å². The molecule has 2 aromatic rings. The lowest BCUT2D eigenvalue weighted by molar-refractivity contribution is -0.116. The Balaban J connectivity index is 2.20. The monoisotopic (exact) mass is 390 g/mol. The Bertz CT molecular complexity index is 895. The average Bonchev–Trinajstić information content (AvgIpc) is 2.52. The number of nitrogens with zero attached hydrogens (tertiary/aromatic N) is 1. The summed E-state index contributed by atoms with van der Waals surface area (Å²) in [5.41, 5.74) is -1.53. The quantitative estimate of drug-likeness (QED) is 0.771. The Morgan fingerprint density at radius 1 is 0.962 bits per heavy atom. The number of halogens is 4. The van der Waals surface area contributed by atoms with Gasteiger partial charge >= 0.3 is 0 Å². The third-order valence-electron chi connectivity index (χ3n) is 3.36. The number of para-hydroxylation sites is 2. The molecule has 0 heterocycles. The molecular formula is C16H14F4N2O3S. The van der Waals surface area contributed by atoms with Crippen molar-refractivity contribution in [2.75, 3.05) is 22.4 Å². The van der Waals surface area contributed by atoms with Crippen LogP contribution in [0.4, 0.5) is 28.9 Å². The van der Waals surface area contributed by atoms with E-state index >= 15 is 0 Å². The predicted molar refractivity (Wildman–Crippen MR) is 88.2 cm³/mol. The van der Waals surface area contributed by atoms with Crippen LogP contribution >= 0.6 is 0 Å². The molecule has 10 heteroatoms. The van der Waals surface area contributed by atoms with Gasteiger partial charge in [0.25, 0.3) is 0 Å². The number of rotatable bonds is 6. The molecule has 1 N–H and O–H groups in total. The van der Waals surface area contributed by atoms with Crippen molar-refractivity contribution in [3.8, 4) is 0 Å². The molecule has 0 aliphatic rings. The van der Waals surface area contributed by atoms with Gasteiger partial charge in [-0.05, 0) is 24.3 Å². The van der Waals surface area contributed by atoms with Gasteiger partial charge in [0.2, 0.25) is 15.9 Å². The van der Waals surface area contributed by atoms with E-state index in [9.17, 15) is 30.8 Å². The van der Waals surface area contributed by atoms with Gasteiger partial charge in [0.1, 0.15) is 23.0 Å². The number of anilines is 2. The highest BCUT2D eigenvalue weighted by Gasteiger charge is 2.25. The Hall–Kier alpha value is -2.62. The molecule has 140 valence electrons. The lowest BCUT2D eigenvalue weighted by Crippen LogP contribution is -2.34. The van der Waals surface area contributed by atoms with E-state index in [0.717, 1.165) is 36.4 Å². The van der Waals surface area contributed by atoms with Crippen molar-refractivity contribution in [1.29, 1.82) is 0 Å². The first-order valence-electron chi connectivity index (χ1n) is 7.27. The standard InChI is InChI=1S/C16H14F4N2O3S/c1-26(24,25)22(16-12(19)6-3-7-13(16)20)9-8-14(23)21-15-10(17)4-2-5-11(15)18/h2-7H,8-9H2,1H3,(H,21,23). The summed E-state index contributed by atoms with van der Waals surface area (Å²) in [5, 5.41) is 1.97. The molecule has 0 saturated heterocycles. The summed E-state index contributed by atoms with van der Waals surface area (Å²) < 4.78 is 78.8. The molecule has 0 aromatic heterocycles. The molecule has 2 aromatic carbocycles. The zero-order valence-corrected chi connectivity index (χ0v) is 14.3. The van der Waals surface area contributed by atoms with Crippen LogP contribution in [0.25, 0.3) is 0 Å². The van der Waals surface area contributed by atoms with E-state index in [1.54, 1.807) is 0 Å². The highest BCUT2D eigenvalue weighted by Crippen LogP contribution is 2.26. The maximum absolute atomic E-state index is 13.9. The minimum atomic E-state index is -4.12. The van der Waals surface area contributed by atoms with Crippen molar-refractivity contribution in [2.24, 2.45) is 0 Å². The second-order valence-electron chi connectivity index (χ2n) is 5.30. The molecule has 0 bridgehead atoms. The Kier molecular flexibility index (Phi) is 5.86. The van der Waals surface area contributed by atoms with Gasteiger partial charge in [0.05, 0.1) is 6.26 Å². The molecule has 0 spiro atoms. The molecule has 0 atom stereocenters. The molecule has 5 nitrogen and oxygen atoms in total. The molecule has 0 fully saturated rings. The smallest absolute Gasteiger partial charge is 0.232 e. The third-order valence-corrected chi connectivity index (χ3v) is 4.52. The lowest BCUT2D eigenvalue weighted by Gasteiger charge is -2.23. The normalized spacial score (nSPS) is 11.3. The van der Waals surface area contributed by atoms with E-state index in [-0.39, 0.29) is 0 Å². The van der Waals surface area contributed by atoms with Crippen LogP contribution in [0.1, 0.15) is 6.42 Å². The van der Waals surface area contributed by atoms with E-state index in [0.29, 0.717) is 10.6 Å². The van der Waals surface area contributed by atoms with Gasteiger partial charge in [0, 0.05) is 13.0 Å². The number of sulfonamides is 1. The first-order chi connectivity index (χ1) is 12.1. The van der Waals surface area contributed by atoms with Crippen molar-refractivity contribution in [3.63, 3.8) is 0 Å². The van der Waals surface area contributed by atoms with Gasteiger partial charge in [-0.1, -0.05) is 12.1 Å². The van der Waals surface area contributed by atoms with Crippen LogP contribution in [0.3, 0.4) is 0 Å². The number of hydrogen-bond acceptors (Lipinski definition) is 3. The van der Waals surface area contributed by atoms with Crippen LogP contribution in [0.15, 0.2) is 36.4 Å². The van der Waals surface area contributed by atoms with E-state index < -0.39 is 63.5 Å². The molecule has 1 amide bonds. The van der Waals surface area contributed by atoms with Gasteiger partial charge in [0.15, 0.2) is 11.6 Å². The number of hydrogen-bond donors (Lipinski definition) is 1. The summed E-state index contributed by atoms with van der Waals surface area (Å²) in [6.45, 7) is -0.626. The first-order valence-corrected chi connectivity index (χ1v) is 9.11. The maximum Gasteiger partial charge on any atom is 0.232 e. The van der Waals surface area contributed by atoms with E-state index in [2.05, 4.69) is 0 Å². The van der Waals surface area contributed by atoms with Crippen LogP contribution < -0.4 is 9.62 Å². The molecule has 0 saturated carbocycles. The van der Waals surface area contributed by atoms with Gasteiger partial charge < -0.3 is 5.32 Å². The Morgan fingerprint density at radius 3 is 1.88 bits per heavy atom. The summed E-state index contributed by atoms with van der Waals surface area (Å²) in [6, 6.07) is 5.75. The van der Waals surface area contributed by atoms with Crippen LogP contribution in [0, 0.1) is 23.3 Å². The molecule has 0 aliphatic carbocycles. The average molecular weight is 390 g/mol. The highest BCUT2D eigenvalue weighted by molar-refractivity contribution is 7.92. The van der Waals surface area contributed by atoms with Gasteiger partial charge in [-0.3, -0.25) is 9.10 Å². The molecule has 0 aliphatic heterocycles. The molecule has 0 radical (unpaired) electrons. The summed E-state index contributed by atoms with van der Waals surface area (Å²) in [7, 11) is -4.12. The number of nitrogens with one attached hydrogen (secondary N) is 1. The van der Waals surface area contributed by atoms with Crippen LogP contribution in [-0.4, -0.2) is 27.1 Å². The van der Waals surface area contributed by atoms with E-state index in [4.69, 9.17) is 0 Å². The molecule has 26 heavy (non-hydrogen) atoms.